The van der Waals surface area contributed by atoms with E-state index in [0.717, 1.165) is 22.5 Å². The van der Waals surface area contributed by atoms with Crippen LogP contribution in [0, 0.1) is 5.82 Å². The lowest BCUT2D eigenvalue weighted by Gasteiger charge is -2.36. The largest absolute Gasteiger partial charge is 0.423 e. The number of piperazine rings is 1. The Kier molecular flexibility index (Phi) is 6.16. The monoisotopic (exact) mass is 482 g/mol. The van der Waals surface area contributed by atoms with Gasteiger partial charge in [0, 0.05) is 61.0 Å². The standard InChI is InChI=1S/C28H23FN4O3/c1-3-25(34)33-11-9-32(10-12-33)24-17-30-15-23-22(24)16-31-28(27(23)29)21-14-19(36-26(35)4-2)13-18-7-5-6-8-20(18)21/h3-8,13-17H,1-2,9-12H2. The van der Waals surface area contributed by atoms with Crippen LogP contribution >= 0.6 is 0 Å². The molecule has 3 heterocycles. The van der Waals surface area contributed by atoms with Gasteiger partial charge in [0.25, 0.3) is 0 Å². The predicted molar refractivity (Wildman–Crippen MR) is 137 cm³/mol. The Morgan fingerprint density at radius 2 is 1.72 bits per heavy atom. The number of pyridine rings is 2. The first-order chi connectivity index (χ1) is 17.5. The molecule has 36 heavy (non-hydrogen) atoms. The number of anilines is 1. The number of rotatable bonds is 5. The molecule has 0 bridgehead atoms. The summed E-state index contributed by atoms with van der Waals surface area (Å²) >= 11 is 0. The molecular formula is C28H23FN4O3. The smallest absolute Gasteiger partial charge is 0.335 e. The van der Waals surface area contributed by atoms with Crippen LogP contribution in [0.4, 0.5) is 10.1 Å². The molecule has 1 fully saturated rings. The van der Waals surface area contributed by atoms with E-state index in [9.17, 15) is 9.59 Å². The van der Waals surface area contributed by atoms with Crippen LogP contribution in [0.5, 0.6) is 5.75 Å². The minimum atomic E-state index is -0.605. The van der Waals surface area contributed by atoms with Crippen molar-refractivity contribution in [2.75, 3.05) is 31.1 Å². The summed E-state index contributed by atoms with van der Waals surface area (Å²) in [5.74, 6) is -0.948. The minimum absolute atomic E-state index is 0.101. The van der Waals surface area contributed by atoms with E-state index in [-0.39, 0.29) is 17.4 Å². The molecule has 0 aliphatic carbocycles. The topological polar surface area (TPSA) is 75.6 Å². The molecule has 0 unspecified atom stereocenters. The van der Waals surface area contributed by atoms with Gasteiger partial charge < -0.3 is 14.5 Å². The van der Waals surface area contributed by atoms with Gasteiger partial charge in [-0.2, -0.15) is 0 Å². The van der Waals surface area contributed by atoms with E-state index in [2.05, 4.69) is 28.0 Å². The highest BCUT2D eigenvalue weighted by molar-refractivity contribution is 6.01. The Bertz CT molecular complexity index is 1530. The van der Waals surface area contributed by atoms with Gasteiger partial charge >= 0.3 is 5.97 Å². The average Bonchev–Trinajstić information content (AvgIpc) is 2.92. The molecule has 0 spiro atoms. The first-order valence-corrected chi connectivity index (χ1v) is 11.5. The zero-order chi connectivity index (χ0) is 25.2. The molecule has 0 saturated carbocycles. The first kappa shape index (κ1) is 23.2. The number of benzene rings is 2. The highest BCUT2D eigenvalue weighted by Gasteiger charge is 2.23. The Morgan fingerprint density at radius 3 is 2.47 bits per heavy atom. The summed E-state index contributed by atoms with van der Waals surface area (Å²) in [4.78, 5) is 36.3. The quantitative estimate of drug-likeness (QED) is 0.237. The maximum Gasteiger partial charge on any atom is 0.335 e. The fourth-order valence-electron chi connectivity index (χ4n) is 4.52. The van der Waals surface area contributed by atoms with E-state index < -0.39 is 11.8 Å². The summed E-state index contributed by atoms with van der Waals surface area (Å²) < 4.78 is 21.3. The van der Waals surface area contributed by atoms with Crippen molar-refractivity contribution in [1.82, 2.24) is 14.9 Å². The number of hydrogen-bond acceptors (Lipinski definition) is 6. The van der Waals surface area contributed by atoms with Crippen molar-refractivity contribution in [3.63, 3.8) is 0 Å². The molecular weight excluding hydrogens is 459 g/mol. The second-order valence-corrected chi connectivity index (χ2v) is 8.37. The average molecular weight is 483 g/mol. The Balaban J connectivity index is 1.58. The number of esters is 1. The lowest BCUT2D eigenvalue weighted by atomic mass is 9.99. The van der Waals surface area contributed by atoms with Gasteiger partial charge in [-0.3, -0.25) is 14.8 Å². The molecule has 8 heteroatoms. The second kappa shape index (κ2) is 9.58. The molecule has 0 radical (unpaired) electrons. The molecule has 5 rings (SSSR count). The van der Waals surface area contributed by atoms with Crippen LogP contribution in [0.2, 0.25) is 0 Å². The molecule has 1 aliphatic rings. The molecule has 7 nitrogen and oxygen atoms in total. The van der Waals surface area contributed by atoms with Gasteiger partial charge in [-0.1, -0.05) is 37.4 Å². The number of ether oxygens (including phenoxy) is 1. The summed E-state index contributed by atoms with van der Waals surface area (Å²) in [7, 11) is 0. The van der Waals surface area contributed by atoms with Crippen LogP contribution in [-0.2, 0) is 9.59 Å². The predicted octanol–water partition coefficient (Wildman–Crippen LogP) is 4.52. The number of halogens is 1. The number of carbonyl (C=O) groups excluding carboxylic acids is 2. The van der Waals surface area contributed by atoms with E-state index in [0.29, 0.717) is 42.5 Å². The second-order valence-electron chi connectivity index (χ2n) is 8.37. The molecule has 1 amide bonds. The SMILES string of the molecule is C=CC(=O)Oc1cc(-c2ncc3c(N4CCN(C(=O)C=C)CC4)cncc3c2F)c2ccccc2c1. The van der Waals surface area contributed by atoms with Crippen LogP contribution in [0.1, 0.15) is 0 Å². The zero-order valence-electron chi connectivity index (χ0n) is 19.5. The molecule has 0 atom stereocenters. The third-order valence-electron chi connectivity index (χ3n) is 6.32. The third-order valence-corrected chi connectivity index (χ3v) is 6.32. The number of nitrogens with zero attached hydrogens (tertiary/aromatic N) is 4. The number of hydrogen-bond donors (Lipinski definition) is 0. The summed E-state index contributed by atoms with van der Waals surface area (Å²) in [6, 6.07) is 10.8. The lowest BCUT2D eigenvalue weighted by molar-refractivity contribution is -0.129. The van der Waals surface area contributed by atoms with Gasteiger partial charge in [0.15, 0.2) is 5.82 Å². The molecule has 4 aromatic rings. The van der Waals surface area contributed by atoms with E-state index in [4.69, 9.17) is 4.74 Å². The van der Waals surface area contributed by atoms with Crippen molar-refractivity contribution in [3.8, 4) is 17.0 Å². The van der Waals surface area contributed by atoms with Crippen molar-refractivity contribution >= 4 is 39.1 Å². The third kappa shape index (κ3) is 4.17. The van der Waals surface area contributed by atoms with Crippen molar-refractivity contribution < 1.29 is 18.7 Å². The highest BCUT2D eigenvalue weighted by Crippen LogP contribution is 2.37. The van der Waals surface area contributed by atoms with Crippen LogP contribution in [-0.4, -0.2) is 52.9 Å². The molecule has 1 aliphatic heterocycles. The summed E-state index contributed by atoms with van der Waals surface area (Å²) in [5.41, 5.74) is 1.39. The Morgan fingerprint density at radius 1 is 0.944 bits per heavy atom. The number of amides is 1. The normalized spacial score (nSPS) is 13.6. The van der Waals surface area contributed by atoms with E-state index in [1.807, 2.05) is 24.3 Å². The number of carbonyl (C=O) groups is 2. The maximum absolute atomic E-state index is 16.0. The van der Waals surface area contributed by atoms with Gasteiger partial charge in [-0.25, -0.2) is 9.18 Å². The van der Waals surface area contributed by atoms with Gasteiger partial charge in [0.05, 0.1) is 11.9 Å². The zero-order valence-corrected chi connectivity index (χ0v) is 19.5. The lowest BCUT2D eigenvalue weighted by Crippen LogP contribution is -2.48. The number of fused-ring (bicyclic) bond motifs is 2. The molecule has 2 aromatic heterocycles. The molecule has 1 saturated heterocycles. The van der Waals surface area contributed by atoms with Crippen LogP contribution in [0.3, 0.4) is 0 Å². The Hall–Kier alpha value is -4.59. The maximum atomic E-state index is 16.0. The highest BCUT2D eigenvalue weighted by atomic mass is 19.1. The van der Waals surface area contributed by atoms with Crippen LogP contribution in [0.15, 0.2) is 80.3 Å². The van der Waals surface area contributed by atoms with Gasteiger partial charge in [-0.05, 0) is 29.0 Å². The molecule has 0 N–H and O–H groups in total. The minimum Gasteiger partial charge on any atom is -0.423 e. The van der Waals surface area contributed by atoms with Crippen LogP contribution < -0.4 is 9.64 Å². The van der Waals surface area contributed by atoms with Crippen molar-refractivity contribution in [2.24, 2.45) is 0 Å². The molecule has 180 valence electrons. The summed E-state index contributed by atoms with van der Waals surface area (Å²) in [5, 5.41) is 2.52. The van der Waals surface area contributed by atoms with Gasteiger partial charge in [-0.15, -0.1) is 0 Å². The summed E-state index contributed by atoms with van der Waals surface area (Å²) in [6.45, 7) is 9.23. The summed E-state index contributed by atoms with van der Waals surface area (Å²) in [6.07, 6.45) is 7.21. The van der Waals surface area contributed by atoms with E-state index >= 15 is 4.39 Å². The van der Waals surface area contributed by atoms with Crippen molar-refractivity contribution in [2.45, 2.75) is 0 Å². The first-order valence-electron chi connectivity index (χ1n) is 11.5. The molecule has 2 aromatic carbocycles. The Labute approximate surface area is 207 Å². The fourth-order valence-corrected chi connectivity index (χ4v) is 4.52. The number of aromatic nitrogens is 2. The van der Waals surface area contributed by atoms with Gasteiger partial charge in [0.1, 0.15) is 11.4 Å². The van der Waals surface area contributed by atoms with E-state index in [1.54, 1.807) is 29.4 Å². The van der Waals surface area contributed by atoms with Crippen molar-refractivity contribution in [1.29, 1.82) is 0 Å². The van der Waals surface area contributed by atoms with Crippen LogP contribution in [0.25, 0.3) is 32.8 Å². The van der Waals surface area contributed by atoms with E-state index in [1.165, 1.54) is 12.3 Å². The van der Waals surface area contributed by atoms with Gasteiger partial charge in [0.2, 0.25) is 5.91 Å². The van der Waals surface area contributed by atoms with Crippen molar-refractivity contribution in [3.05, 3.63) is 86.1 Å². The fraction of sp³-hybridized carbons (Fsp3) is 0.143.